The largest absolute Gasteiger partial charge is 0.285 e. The molecule has 0 fully saturated rings. The first-order valence-electron chi connectivity index (χ1n) is 2.56. The lowest BCUT2D eigenvalue weighted by molar-refractivity contribution is 0.949. The molecule has 1 heterocycles. The van der Waals surface area contributed by atoms with Gasteiger partial charge in [-0.15, -0.1) is 0 Å². The van der Waals surface area contributed by atoms with E-state index in [9.17, 15) is 4.79 Å². The van der Waals surface area contributed by atoms with Crippen molar-refractivity contribution in [3.05, 3.63) is 21.6 Å². The Morgan fingerprint density at radius 3 is 3.18 bits per heavy atom. The molecule has 2 N–H and O–H groups in total. The molecule has 0 amide bonds. The van der Waals surface area contributed by atoms with Crippen molar-refractivity contribution in [2.24, 2.45) is 5.11 Å². The topological polar surface area (TPSA) is 96.1 Å². The third-order valence-corrected chi connectivity index (χ3v) is 1.30. The Balaban J connectivity index is 3.38. The van der Waals surface area contributed by atoms with Crippen molar-refractivity contribution in [3.63, 3.8) is 0 Å². The number of halogens is 1. The van der Waals surface area contributed by atoms with Crippen molar-refractivity contribution in [1.82, 2.24) is 15.1 Å². The van der Waals surface area contributed by atoms with Gasteiger partial charge in [0.25, 0.3) is 5.56 Å². The van der Waals surface area contributed by atoms with Crippen LogP contribution < -0.4 is 10.5 Å². The predicted octanol–water partition coefficient (Wildman–Crippen LogP) is 0.605. The summed E-state index contributed by atoms with van der Waals surface area (Å²) >= 11 is 5.45. The minimum atomic E-state index is -0.545. The van der Waals surface area contributed by atoms with E-state index >= 15 is 0 Å². The normalized spacial score (nSPS) is 8.82. The molecule has 0 spiro atoms. The molecule has 0 aliphatic rings. The molecule has 7 heteroatoms. The maximum atomic E-state index is 10.7. The van der Waals surface area contributed by atoms with Crippen LogP contribution >= 0.6 is 11.6 Å². The van der Waals surface area contributed by atoms with E-state index in [-0.39, 0.29) is 10.7 Å². The second-order valence-electron chi connectivity index (χ2n) is 1.60. The Hall–Kier alpha value is -1.52. The maximum Gasteiger partial charge on any atom is 0.285 e. The van der Waals surface area contributed by atoms with Crippen LogP contribution in [0.25, 0.3) is 0 Å². The van der Waals surface area contributed by atoms with Crippen LogP contribution in [0.4, 0.5) is 5.69 Å². The second kappa shape index (κ2) is 3.05. The van der Waals surface area contributed by atoms with E-state index < -0.39 is 5.56 Å². The van der Waals surface area contributed by atoms with Gasteiger partial charge < -0.3 is 0 Å². The molecule has 0 radical (unpaired) electrons. The molecule has 1 rings (SSSR count). The highest BCUT2D eigenvalue weighted by molar-refractivity contribution is 6.32. The molecule has 11 heavy (non-hydrogen) atoms. The molecule has 0 aliphatic heterocycles. The smallest absolute Gasteiger partial charge is 0.266 e. The summed E-state index contributed by atoms with van der Waals surface area (Å²) < 4.78 is 0. The van der Waals surface area contributed by atoms with E-state index in [1.807, 2.05) is 0 Å². The van der Waals surface area contributed by atoms with Crippen molar-refractivity contribution in [2.45, 2.75) is 0 Å². The van der Waals surface area contributed by atoms with E-state index in [1.165, 1.54) is 6.20 Å². The fraction of sp³-hybridized carbons (Fsp3) is 0. The summed E-state index contributed by atoms with van der Waals surface area (Å²) in [5.41, 5.74) is 5.91. The molecule has 1 aromatic heterocycles. The average molecular weight is 173 g/mol. The Bertz CT molecular complexity index is 365. The van der Waals surface area contributed by atoms with Gasteiger partial charge in [0, 0.05) is 0 Å². The maximum absolute atomic E-state index is 10.7. The third kappa shape index (κ3) is 1.49. The number of aromatic amines is 1. The average Bonchev–Trinajstić information content (AvgIpc) is 1.99. The second-order valence-corrected chi connectivity index (χ2v) is 1.98. The van der Waals surface area contributed by atoms with E-state index in [2.05, 4.69) is 20.2 Å². The van der Waals surface area contributed by atoms with Gasteiger partial charge in [0.15, 0.2) is 10.8 Å². The summed E-state index contributed by atoms with van der Waals surface area (Å²) in [6.45, 7) is 0. The number of H-pyrrole nitrogens is 1. The summed E-state index contributed by atoms with van der Waals surface area (Å²) in [7, 11) is 0. The molecule has 0 aromatic carbocycles. The lowest BCUT2D eigenvalue weighted by Gasteiger charge is -1.85. The van der Waals surface area contributed by atoms with E-state index in [4.69, 9.17) is 17.1 Å². The summed E-state index contributed by atoms with van der Waals surface area (Å²) in [6.07, 6.45) is 1.21. The Labute approximate surface area is 65.4 Å². The van der Waals surface area contributed by atoms with E-state index in [0.29, 0.717) is 0 Å². The monoisotopic (exact) mass is 172 g/mol. The highest BCUT2D eigenvalue weighted by atomic mass is 35.5. The Kier molecular flexibility index (Phi) is 2.10. The lowest BCUT2D eigenvalue weighted by Crippen LogP contribution is -2.06. The number of nitrogens with one attached hydrogen (secondary N) is 2. The minimum Gasteiger partial charge on any atom is -0.266 e. The van der Waals surface area contributed by atoms with Crippen LogP contribution in [0.2, 0.25) is 5.02 Å². The summed E-state index contributed by atoms with van der Waals surface area (Å²) in [5.74, 6) is 0. The SMILES string of the molecule is N=[N+]=Nc1cn[nH]c(=O)c1Cl. The quantitative estimate of drug-likeness (QED) is 0.479. The number of hydrogen-bond donors (Lipinski definition) is 2. The van der Waals surface area contributed by atoms with Crippen molar-refractivity contribution in [2.75, 3.05) is 0 Å². The zero-order valence-electron chi connectivity index (χ0n) is 5.21. The molecule has 1 aromatic rings. The van der Waals surface area contributed by atoms with Crippen LogP contribution in [0.1, 0.15) is 0 Å². The zero-order valence-corrected chi connectivity index (χ0v) is 5.96. The van der Waals surface area contributed by atoms with Crippen molar-refractivity contribution < 1.29 is 0 Å². The number of rotatable bonds is 1. The number of nitrogens with zero attached hydrogens (tertiary/aromatic N) is 3. The molecule has 0 atom stereocenters. The van der Waals surface area contributed by atoms with Gasteiger partial charge in [-0.3, -0.25) is 4.79 Å². The van der Waals surface area contributed by atoms with Crippen molar-refractivity contribution >= 4 is 17.3 Å². The van der Waals surface area contributed by atoms with Crippen LogP contribution in [-0.4, -0.2) is 10.2 Å². The molecular weight excluding hydrogens is 170 g/mol. The summed E-state index contributed by atoms with van der Waals surface area (Å²) in [5, 5.41) is 8.63. The molecule has 6 nitrogen and oxygen atoms in total. The fourth-order valence-electron chi connectivity index (χ4n) is 0.498. The van der Waals surface area contributed by atoms with Gasteiger partial charge in [0.05, 0.1) is 6.20 Å². The molecule has 0 unspecified atom stereocenters. The zero-order chi connectivity index (χ0) is 8.27. The third-order valence-electron chi connectivity index (χ3n) is 0.935. The van der Waals surface area contributed by atoms with Crippen molar-refractivity contribution in [3.8, 4) is 0 Å². The Morgan fingerprint density at radius 2 is 2.55 bits per heavy atom. The standard InChI is InChI=1S/C4H2ClN5O/c5-3-2(8-10-6)1-7-9-4(3)11/h1H,(H-,6,8,9,11)/p+1. The van der Waals surface area contributed by atoms with Gasteiger partial charge in [-0.1, -0.05) is 11.6 Å². The first-order valence-corrected chi connectivity index (χ1v) is 2.94. The lowest BCUT2D eigenvalue weighted by atomic mass is 10.5. The van der Waals surface area contributed by atoms with Crippen LogP contribution in [0.15, 0.2) is 16.1 Å². The van der Waals surface area contributed by atoms with Gasteiger partial charge in [0.1, 0.15) is 10.6 Å². The summed E-state index contributed by atoms with van der Waals surface area (Å²) in [6, 6.07) is 0. The fourth-order valence-corrected chi connectivity index (χ4v) is 0.627. The van der Waals surface area contributed by atoms with Gasteiger partial charge in [-0.2, -0.15) is 5.10 Å². The number of aromatic nitrogens is 2. The van der Waals surface area contributed by atoms with Crippen LogP contribution in [-0.2, 0) is 0 Å². The molecule has 0 aliphatic carbocycles. The molecule has 56 valence electrons. The van der Waals surface area contributed by atoms with Crippen LogP contribution in [0, 0.1) is 5.53 Å². The molecule has 0 saturated heterocycles. The van der Waals surface area contributed by atoms with Gasteiger partial charge in [0.2, 0.25) is 4.91 Å². The van der Waals surface area contributed by atoms with Crippen molar-refractivity contribution in [1.29, 1.82) is 5.53 Å². The van der Waals surface area contributed by atoms with Gasteiger partial charge >= 0.3 is 0 Å². The first-order chi connectivity index (χ1) is 5.25. The molecular formula is C4H3ClN5O+. The molecule has 0 saturated carbocycles. The highest BCUT2D eigenvalue weighted by Gasteiger charge is 2.06. The first kappa shape index (κ1) is 7.59. The van der Waals surface area contributed by atoms with Crippen LogP contribution in [0.3, 0.4) is 0 Å². The predicted molar refractivity (Wildman–Crippen MR) is 36.8 cm³/mol. The van der Waals surface area contributed by atoms with Gasteiger partial charge in [-0.05, 0) is 0 Å². The minimum absolute atomic E-state index is 0.0883. The van der Waals surface area contributed by atoms with E-state index in [0.717, 1.165) is 0 Å². The van der Waals surface area contributed by atoms with E-state index in [1.54, 1.807) is 0 Å². The van der Waals surface area contributed by atoms with Crippen LogP contribution in [0.5, 0.6) is 0 Å². The number of hydrogen-bond acceptors (Lipinski definition) is 4. The molecule has 0 bridgehead atoms. The Morgan fingerprint density at radius 1 is 1.82 bits per heavy atom. The highest BCUT2D eigenvalue weighted by Crippen LogP contribution is 2.16. The summed E-state index contributed by atoms with van der Waals surface area (Å²) in [4.78, 5) is 13.4. The van der Waals surface area contributed by atoms with Gasteiger partial charge in [-0.25, -0.2) is 5.10 Å².